The van der Waals surface area contributed by atoms with E-state index in [9.17, 15) is 15.0 Å². The SMILES string of the molecule is CC(=O)NCCc1ccc2ccc(O)c(O)c2n1. The summed E-state index contributed by atoms with van der Waals surface area (Å²) in [5.74, 6) is -0.487. The van der Waals surface area contributed by atoms with Crippen LogP contribution in [0.1, 0.15) is 12.6 Å². The summed E-state index contributed by atoms with van der Waals surface area (Å²) >= 11 is 0. The molecule has 5 nitrogen and oxygen atoms in total. The number of benzene rings is 1. The third-order valence-electron chi connectivity index (χ3n) is 2.63. The fraction of sp³-hybridized carbons (Fsp3) is 0.231. The summed E-state index contributed by atoms with van der Waals surface area (Å²) in [4.78, 5) is 15.0. The minimum atomic E-state index is -0.214. The number of aromatic hydroxyl groups is 2. The molecule has 0 aliphatic heterocycles. The van der Waals surface area contributed by atoms with Gasteiger partial charge in [0.25, 0.3) is 0 Å². The number of nitrogens with zero attached hydrogens (tertiary/aromatic N) is 1. The highest BCUT2D eigenvalue weighted by atomic mass is 16.3. The summed E-state index contributed by atoms with van der Waals surface area (Å²) in [5, 5.41) is 22.6. The Hall–Kier alpha value is -2.30. The Morgan fingerprint density at radius 2 is 2.00 bits per heavy atom. The second-order valence-electron chi connectivity index (χ2n) is 4.04. The molecule has 1 aromatic carbocycles. The van der Waals surface area contributed by atoms with Gasteiger partial charge in [-0.3, -0.25) is 4.79 Å². The molecule has 1 heterocycles. The molecule has 1 aromatic heterocycles. The van der Waals surface area contributed by atoms with Crippen molar-refractivity contribution < 1.29 is 15.0 Å². The third-order valence-corrected chi connectivity index (χ3v) is 2.63. The molecule has 0 unspecified atom stereocenters. The van der Waals surface area contributed by atoms with Crippen molar-refractivity contribution in [2.75, 3.05) is 6.54 Å². The Bertz CT molecular complexity index is 596. The zero-order chi connectivity index (χ0) is 13.1. The van der Waals surface area contributed by atoms with Gasteiger partial charge in [-0.25, -0.2) is 4.98 Å². The highest BCUT2D eigenvalue weighted by molar-refractivity contribution is 5.86. The number of phenolic OH excluding ortho intramolecular Hbond substituents is 2. The van der Waals surface area contributed by atoms with Crippen molar-refractivity contribution in [3.63, 3.8) is 0 Å². The van der Waals surface area contributed by atoms with E-state index in [2.05, 4.69) is 10.3 Å². The molecular weight excluding hydrogens is 232 g/mol. The molecule has 0 spiro atoms. The van der Waals surface area contributed by atoms with E-state index in [1.54, 1.807) is 6.07 Å². The molecule has 3 N–H and O–H groups in total. The van der Waals surface area contributed by atoms with Crippen molar-refractivity contribution in [1.82, 2.24) is 10.3 Å². The summed E-state index contributed by atoms with van der Waals surface area (Å²) in [7, 11) is 0. The number of fused-ring (bicyclic) bond motifs is 1. The van der Waals surface area contributed by atoms with Crippen LogP contribution in [-0.2, 0) is 11.2 Å². The summed E-state index contributed by atoms with van der Waals surface area (Å²) in [6.45, 7) is 1.95. The van der Waals surface area contributed by atoms with Crippen LogP contribution in [0.2, 0.25) is 0 Å². The molecule has 0 saturated heterocycles. The van der Waals surface area contributed by atoms with Gasteiger partial charge in [0.1, 0.15) is 5.52 Å². The summed E-state index contributed by atoms with van der Waals surface area (Å²) in [5.41, 5.74) is 1.12. The van der Waals surface area contributed by atoms with Gasteiger partial charge in [-0.1, -0.05) is 6.07 Å². The fourth-order valence-electron chi connectivity index (χ4n) is 1.71. The van der Waals surface area contributed by atoms with Crippen LogP contribution in [0.3, 0.4) is 0 Å². The van der Waals surface area contributed by atoms with E-state index in [0.717, 1.165) is 11.1 Å². The van der Waals surface area contributed by atoms with Gasteiger partial charge in [0.05, 0.1) is 0 Å². The zero-order valence-corrected chi connectivity index (χ0v) is 9.97. The maximum Gasteiger partial charge on any atom is 0.216 e. The van der Waals surface area contributed by atoms with Gasteiger partial charge in [0.2, 0.25) is 5.91 Å². The molecule has 0 atom stereocenters. The first-order valence-corrected chi connectivity index (χ1v) is 5.63. The maximum absolute atomic E-state index is 10.7. The molecule has 2 aromatic rings. The van der Waals surface area contributed by atoms with Gasteiger partial charge < -0.3 is 15.5 Å². The average Bonchev–Trinajstić information content (AvgIpc) is 2.34. The maximum atomic E-state index is 10.7. The predicted octanol–water partition coefficient (Wildman–Crippen LogP) is 1.32. The lowest BCUT2D eigenvalue weighted by molar-refractivity contribution is -0.118. The molecule has 18 heavy (non-hydrogen) atoms. The second-order valence-corrected chi connectivity index (χ2v) is 4.04. The summed E-state index contributed by atoms with van der Waals surface area (Å²) < 4.78 is 0. The lowest BCUT2D eigenvalue weighted by Gasteiger charge is -2.06. The van der Waals surface area contributed by atoms with Crippen LogP contribution in [0.25, 0.3) is 10.9 Å². The minimum absolute atomic E-state index is 0.0868. The highest BCUT2D eigenvalue weighted by Gasteiger charge is 2.07. The first-order valence-electron chi connectivity index (χ1n) is 5.63. The van der Waals surface area contributed by atoms with Crippen molar-refractivity contribution >= 4 is 16.8 Å². The lowest BCUT2D eigenvalue weighted by atomic mass is 10.1. The standard InChI is InChI=1S/C13H14N2O3/c1-8(16)14-7-6-10-4-2-9-3-5-11(17)13(18)12(9)15-10/h2-5,17-18H,6-7H2,1H3,(H,14,16). The molecule has 0 radical (unpaired) electrons. The van der Waals surface area contributed by atoms with E-state index in [-0.39, 0.29) is 17.4 Å². The number of carbonyl (C=O) groups excluding carboxylic acids is 1. The molecule has 94 valence electrons. The van der Waals surface area contributed by atoms with Gasteiger partial charge in [-0.15, -0.1) is 0 Å². The van der Waals surface area contributed by atoms with Crippen molar-refractivity contribution in [2.45, 2.75) is 13.3 Å². The van der Waals surface area contributed by atoms with Crippen LogP contribution in [0.5, 0.6) is 11.5 Å². The molecule has 5 heteroatoms. The molecule has 1 amide bonds. The highest BCUT2D eigenvalue weighted by Crippen LogP contribution is 2.31. The Morgan fingerprint density at radius 3 is 2.72 bits per heavy atom. The van der Waals surface area contributed by atoms with Crippen molar-refractivity contribution in [3.8, 4) is 11.5 Å². The van der Waals surface area contributed by atoms with Gasteiger partial charge in [0, 0.05) is 31.0 Å². The number of pyridine rings is 1. The molecule has 2 rings (SSSR count). The van der Waals surface area contributed by atoms with Crippen LogP contribution < -0.4 is 5.32 Å². The van der Waals surface area contributed by atoms with Gasteiger partial charge in [0.15, 0.2) is 11.5 Å². The van der Waals surface area contributed by atoms with E-state index in [1.165, 1.54) is 13.0 Å². The van der Waals surface area contributed by atoms with Crippen LogP contribution >= 0.6 is 0 Å². The van der Waals surface area contributed by atoms with Crippen LogP contribution in [-0.4, -0.2) is 27.6 Å². The number of hydrogen-bond donors (Lipinski definition) is 3. The second kappa shape index (κ2) is 4.91. The average molecular weight is 246 g/mol. The molecular formula is C13H14N2O3. The Labute approximate surface area is 104 Å². The summed E-state index contributed by atoms with van der Waals surface area (Å²) in [6.07, 6.45) is 0.574. The number of nitrogens with one attached hydrogen (secondary N) is 1. The molecule has 0 saturated carbocycles. The fourth-order valence-corrected chi connectivity index (χ4v) is 1.71. The largest absolute Gasteiger partial charge is 0.504 e. The Balaban J connectivity index is 2.26. The Kier molecular flexibility index (Phi) is 3.32. The predicted molar refractivity (Wildman–Crippen MR) is 67.5 cm³/mol. The van der Waals surface area contributed by atoms with Gasteiger partial charge >= 0.3 is 0 Å². The van der Waals surface area contributed by atoms with E-state index in [4.69, 9.17) is 0 Å². The number of carbonyl (C=O) groups is 1. The normalized spacial score (nSPS) is 10.5. The quantitative estimate of drug-likeness (QED) is 0.713. The summed E-state index contributed by atoms with van der Waals surface area (Å²) in [6, 6.07) is 6.77. The number of rotatable bonds is 3. The van der Waals surface area contributed by atoms with Gasteiger partial charge in [-0.05, 0) is 18.2 Å². The number of amides is 1. The van der Waals surface area contributed by atoms with Crippen molar-refractivity contribution in [2.24, 2.45) is 0 Å². The van der Waals surface area contributed by atoms with Crippen molar-refractivity contribution in [1.29, 1.82) is 0 Å². The Morgan fingerprint density at radius 1 is 1.28 bits per heavy atom. The van der Waals surface area contributed by atoms with E-state index in [0.29, 0.717) is 18.5 Å². The molecule has 0 aliphatic rings. The van der Waals surface area contributed by atoms with Crippen LogP contribution in [0, 0.1) is 0 Å². The molecule has 0 aliphatic carbocycles. The smallest absolute Gasteiger partial charge is 0.216 e. The third kappa shape index (κ3) is 2.51. The van der Waals surface area contributed by atoms with Crippen molar-refractivity contribution in [3.05, 3.63) is 30.0 Å². The van der Waals surface area contributed by atoms with Crippen LogP contribution in [0.15, 0.2) is 24.3 Å². The lowest BCUT2D eigenvalue weighted by Crippen LogP contribution is -2.22. The first kappa shape index (κ1) is 12.2. The number of hydrogen-bond acceptors (Lipinski definition) is 4. The monoisotopic (exact) mass is 246 g/mol. The minimum Gasteiger partial charge on any atom is -0.504 e. The van der Waals surface area contributed by atoms with E-state index in [1.807, 2.05) is 12.1 Å². The van der Waals surface area contributed by atoms with Crippen LogP contribution in [0.4, 0.5) is 0 Å². The van der Waals surface area contributed by atoms with E-state index >= 15 is 0 Å². The zero-order valence-electron chi connectivity index (χ0n) is 9.97. The topological polar surface area (TPSA) is 82.5 Å². The number of phenols is 2. The number of aromatic nitrogens is 1. The van der Waals surface area contributed by atoms with E-state index < -0.39 is 0 Å². The molecule has 0 bridgehead atoms. The molecule has 0 fully saturated rings. The van der Waals surface area contributed by atoms with Gasteiger partial charge in [-0.2, -0.15) is 0 Å². The first-order chi connectivity index (χ1) is 8.58.